The summed E-state index contributed by atoms with van der Waals surface area (Å²) in [4.78, 5) is 30.5. The Kier molecular flexibility index (Phi) is 5.66. The molecule has 2 aliphatic heterocycles. The van der Waals surface area contributed by atoms with Crippen LogP contribution in [0.3, 0.4) is 0 Å². The van der Waals surface area contributed by atoms with E-state index in [9.17, 15) is 9.59 Å². The molecule has 0 aromatic carbocycles. The minimum atomic E-state index is -0.0698. The predicted octanol–water partition coefficient (Wildman–Crippen LogP) is 2.17. The zero-order valence-corrected chi connectivity index (χ0v) is 18.1. The van der Waals surface area contributed by atoms with E-state index in [0.29, 0.717) is 37.8 Å². The highest BCUT2D eigenvalue weighted by Gasteiger charge is 2.31. The van der Waals surface area contributed by atoms with Gasteiger partial charge in [0.2, 0.25) is 17.7 Å². The molecule has 4 rings (SSSR count). The summed E-state index contributed by atoms with van der Waals surface area (Å²) in [6.45, 7) is 8.97. The smallest absolute Gasteiger partial charge is 0.231 e. The molecule has 2 aromatic rings. The van der Waals surface area contributed by atoms with Crippen LogP contribution in [-0.2, 0) is 15.0 Å². The Labute approximate surface area is 177 Å². The summed E-state index contributed by atoms with van der Waals surface area (Å²) in [6.07, 6.45) is 4.91. The highest BCUT2D eigenvalue weighted by Crippen LogP contribution is 2.24. The Morgan fingerprint density at radius 1 is 1.23 bits per heavy atom. The third-order valence-corrected chi connectivity index (χ3v) is 6.07. The number of hydrogen-bond donors (Lipinski definition) is 1. The van der Waals surface area contributed by atoms with Crippen LogP contribution in [0.1, 0.15) is 52.1 Å². The van der Waals surface area contributed by atoms with Gasteiger partial charge in [0.1, 0.15) is 0 Å². The van der Waals surface area contributed by atoms with E-state index in [0.717, 1.165) is 37.3 Å². The summed E-state index contributed by atoms with van der Waals surface area (Å²) < 4.78 is 7.74. The van der Waals surface area contributed by atoms with Gasteiger partial charge in [-0.05, 0) is 31.2 Å². The van der Waals surface area contributed by atoms with Crippen LogP contribution in [0.5, 0.6) is 5.88 Å². The summed E-state index contributed by atoms with van der Waals surface area (Å²) in [6, 6.07) is 3.80. The van der Waals surface area contributed by atoms with Crippen molar-refractivity contribution in [2.75, 3.05) is 26.2 Å². The molecule has 2 amide bonds. The van der Waals surface area contributed by atoms with Gasteiger partial charge in [0.15, 0.2) is 5.65 Å². The van der Waals surface area contributed by atoms with E-state index in [1.807, 2.05) is 23.2 Å². The van der Waals surface area contributed by atoms with Crippen molar-refractivity contribution in [1.29, 1.82) is 0 Å². The van der Waals surface area contributed by atoms with E-state index < -0.39 is 0 Å². The van der Waals surface area contributed by atoms with Crippen LogP contribution in [0.4, 0.5) is 0 Å². The zero-order valence-electron chi connectivity index (χ0n) is 18.1. The maximum absolute atomic E-state index is 12.7. The second-order valence-electron chi connectivity index (χ2n) is 9.47. The first-order valence-corrected chi connectivity index (χ1v) is 10.8. The second kappa shape index (κ2) is 8.24. The second-order valence-corrected chi connectivity index (χ2v) is 9.47. The van der Waals surface area contributed by atoms with Crippen molar-refractivity contribution in [3.63, 3.8) is 0 Å². The average molecular weight is 414 g/mol. The molecule has 0 bridgehead atoms. The Morgan fingerprint density at radius 3 is 2.67 bits per heavy atom. The fourth-order valence-electron chi connectivity index (χ4n) is 4.03. The standard InChI is InChI=1S/C22H31N5O3/c1-22(2,3)17-13-27-18(24-17)5-7-20(25-27)30-14-15-8-10-26(11-9-15)21(29)16-4-6-19(28)23-12-16/h5,7,13,15-16H,4,6,8-12,14H2,1-3H3,(H,23,28). The molecule has 2 saturated heterocycles. The van der Waals surface area contributed by atoms with Gasteiger partial charge in [-0.25, -0.2) is 9.50 Å². The molecule has 2 aromatic heterocycles. The number of carbonyl (C=O) groups is 2. The van der Waals surface area contributed by atoms with Crippen LogP contribution >= 0.6 is 0 Å². The van der Waals surface area contributed by atoms with Gasteiger partial charge in [-0.15, -0.1) is 5.10 Å². The molecule has 1 atom stereocenters. The fraction of sp³-hybridized carbons (Fsp3) is 0.636. The molecule has 2 aliphatic rings. The molecular formula is C22H31N5O3. The lowest BCUT2D eigenvalue weighted by atomic mass is 9.93. The highest BCUT2D eigenvalue weighted by atomic mass is 16.5. The van der Waals surface area contributed by atoms with Crippen LogP contribution in [0.25, 0.3) is 5.65 Å². The number of nitrogens with zero attached hydrogens (tertiary/aromatic N) is 4. The molecule has 8 nitrogen and oxygen atoms in total. The van der Waals surface area contributed by atoms with Crippen molar-refractivity contribution >= 4 is 17.5 Å². The number of rotatable bonds is 4. The number of carbonyl (C=O) groups excluding carboxylic acids is 2. The molecule has 0 spiro atoms. The normalized spacial score (nSPS) is 21.0. The van der Waals surface area contributed by atoms with Gasteiger partial charge in [-0.3, -0.25) is 9.59 Å². The Bertz CT molecular complexity index is 914. The third kappa shape index (κ3) is 4.57. The lowest BCUT2D eigenvalue weighted by molar-refractivity contribution is -0.138. The van der Waals surface area contributed by atoms with Gasteiger partial charge >= 0.3 is 0 Å². The molecular weight excluding hydrogens is 382 g/mol. The van der Waals surface area contributed by atoms with E-state index in [1.54, 1.807) is 4.52 Å². The molecule has 1 unspecified atom stereocenters. The number of fused-ring (bicyclic) bond motifs is 1. The summed E-state index contributed by atoms with van der Waals surface area (Å²) in [5.41, 5.74) is 1.79. The lowest BCUT2D eigenvalue weighted by Gasteiger charge is -2.35. The third-order valence-electron chi connectivity index (χ3n) is 6.07. The SMILES string of the molecule is CC(C)(C)c1cn2nc(OCC3CCN(C(=O)C4CCC(=O)NC4)CC3)ccc2n1. The van der Waals surface area contributed by atoms with Gasteiger partial charge < -0.3 is 15.0 Å². The van der Waals surface area contributed by atoms with Gasteiger partial charge in [-0.1, -0.05) is 20.8 Å². The number of nitrogens with one attached hydrogen (secondary N) is 1. The largest absolute Gasteiger partial charge is 0.476 e. The molecule has 4 heterocycles. The van der Waals surface area contributed by atoms with Crippen molar-refractivity contribution in [3.05, 3.63) is 24.0 Å². The summed E-state index contributed by atoms with van der Waals surface area (Å²) in [5.74, 6) is 1.16. The van der Waals surface area contributed by atoms with E-state index in [4.69, 9.17) is 4.74 Å². The number of hydrogen-bond acceptors (Lipinski definition) is 5. The zero-order chi connectivity index (χ0) is 21.3. The first-order valence-electron chi connectivity index (χ1n) is 10.8. The molecule has 2 fully saturated rings. The average Bonchev–Trinajstić information content (AvgIpc) is 3.17. The monoisotopic (exact) mass is 413 g/mol. The topological polar surface area (TPSA) is 88.8 Å². The van der Waals surface area contributed by atoms with Crippen LogP contribution in [0.2, 0.25) is 0 Å². The Hall–Kier alpha value is -2.64. The molecule has 0 saturated carbocycles. The first kappa shape index (κ1) is 20.6. The van der Waals surface area contributed by atoms with Gasteiger partial charge in [0.05, 0.1) is 24.4 Å². The number of amides is 2. The van der Waals surface area contributed by atoms with E-state index >= 15 is 0 Å². The van der Waals surface area contributed by atoms with E-state index in [1.165, 1.54) is 0 Å². The Morgan fingerprint density at radius 2 is 2.00 bits per heavy atom. The van der Waals surface area contributed by atoms with Crippen LogP contribution < -0.4 is 10.1 Å². The van der Waals surface area contributed by atoms with Crippen LogP contribution in [0.15, 0.2) is 18.3 Å². The Balaban J connectivity index is 1.27. The molecule has 0 aliphatic carbocycles. The number of likely N-dealkylation sites (tertiary alicyclic amines) is 1. The summed E-state index contributed by atoms with van der Waals surface area (Å²) in [7, 11) is 0. The molecule has 162 valence electrons. The predicted molar refractivity (Wildman–Crippen MR) is 112 cm³/mol. The van der Waals surface area contributed by atoms with Crippen LogP contribution in [-0.4, -0.2) is 57.6 Å². The van der Waals surface area contributed by atoms with E-state index in [2.05, 4.69) is 36.2 Å². The first-order chi connectivity index (χ1) is 14.3. The maximum Gasteiger partial charge on any atom is 0.231 e. The summed E-state index contributed by atoms with van der Waals surface area (Å²) >= 11 is 0. The van der Waals surface area contributed by atoms with Crippen molar-refractivity contribution in [3.8, 4) is 5.88 Å². The maximum atomic E-state index is 12.7. The lowest BCUT2D eigenvalue weighted by Crippen LogP contribution is -2.47. The quantitative estimate of drug-likeness (QED) is 0.830. The number of piperidine rings is 2. The number of imidazole rings is 1. The minimum Gasteiger partial charge on any atom is -0.476 e. The molecule has 1 N–H and O–H groups in total. The van der Waals surface area contributed by atoms with Gasteiger partial charge in [0, 0.05) is 37.5 Å². The fourth-order valence-corrected chi connectivity index (χ4v) is 4.03. The number of aromatic nitrogens is 3. The van der Waals surface area contributed by atoms with Gasteiger partial charge in [0.25, 0.3) is 0 Å². The molecule has 30 heavy (non-hydrogen) atoms. The van der Waals surface area contributed by atoms with Crippen molar-refractivity contribution in [1.82, 2.24) is 24.8 Å². The van der Waals surface area contributed by atoms with Crippen LogP contribution in [0, 0.1) is 11.8 Å². The minimum absolute atomic E-state index is 0.0245. The van der Waals surface area contributed by atoms with Crippen molar-refractivity contribution < 1.29 is 14.3 Å². The van der Waals surface area contributed by atoms with E-state index in [-0.39, 0.29) is 23.1 Å². The van der Waals surface area contributed by atoms with Gasteiger partial charge in [-0.2, -0.15) is 0 Å². The van der Waals surface area contributed by atoms with Crippen molar-refractivity contribution in [2.24, 2.45) is 11.8 Å². The number of ether oxygens (including phenoxy) is 1. The molecule has 8 heteroatoms. The van der Waals surface area contributed by atoms with Crippen molar-refractivity contribution in [2.45, 2.75) is 51.9 Å². The summed E-state index contributed by atoms with van der Waals surface area (Å²) in [5, 5.41) is 7.34. The molecule has 0 radical (unpaired) electrons. The highest BCUT2D eigenvalue weighted by molar-refractivity contribution is 5.83.